The molecule has 1 atom stereocenters. The molecule has 2 aromatic rings. The number of hydrogen-bond donors (Lipinski definition) is 1. The first-order valence-corrected chi connectivity index (χ1v) is 7.08. The van der Waals surface area contributed by atoms with Crippen LogP contribution < -0.4 is 5.32 Å². The predicted molar refractivity (Wildman–Crippen MR) is 76.1 cm³/mol. The molecular formula is C15H16FNOS. The van der Waals surface area contributed by atoms with E-state index in [9.17, 15) is 9.18 Å². The molecule has 0 fully saturated rings. The predicted octanol–water partition coefficient (Wildman–Crippen LogP) is 3.56. The lowest BCUT2D eigenvalue weighted by Crippen LogP contribution is -2.34. The first-order chi connectivity index (χ1) is 9.06. The molecule has 1 amide bonds. The van der Waals surface area contributed by atoms with Crippen LogP contribution in [-0.4, -0.2) is 11.9 Å². The highest BCUT2D eigenvalue weighted by Gasteiger charge is 2.13. The van der Waals surface area contributed by atoms with Gasteiger partial charge in [-0.1, -0.05) is 0 Å². The van der Waals surface area contributed by atoms with Crippen LogP contribution in [0.5, 0.6) is 0 Å². The Balaban J connectivity index is 2.00. The zero-order chi connectivity index (χ0) is 13.8. The number of nitrogens with one attached hydrogen (secondary N) is 1. The molecule has 0 aliphatic carbocycles. The Morgan fingerprint density at radius 1 is 1.42 bits per heavy atom. The topological polar surface area (TPSA) is 29.1 Å². The van der Waals surface area contributed by atoms with E-state index < -0.39 is 0 Å². The number of thiophene rings is 1. The van der Waals surface area contributed by atoms with Gasteiger partial charge in [0, 0.05) is 11.6 Å². The van der Waals surface area contributed by atoms with Crippen LogP contribution in [0.15, 0.2) is 35.0 Å². The molecule has 1 unspecified atom stereocenters. The van der Waals surface area contributed by atoms with E-state index in [2.05, 4.69) is 16.8 Å². The first-order valence-electron chi connectivity index (χ1n) is 6.14. The van der Waals surface area contributed by atoms with E-state index in [0.717, 1.165) is 6.42 Å². The fourth-order valence-electron chi connectivity index (χ4n) is 2.00. The number of halogens is 1. The molecule has 0 saturated carbocycles. The summed E-state index contributed by atoms with van der Waals surface area (Å²) in [7, 11) is 0. The summed E-state index contributed by atoms with van der Waals surface area (Å²) in [6.45, 7) is 3.70. The first kappa shape index (κ1) is 13.7. The van der Waals surface area contributed by atoms with Crippen molar-refractivity contribution in [3.05, 3.63) is 57.5 Å². The average molecular weight is 277 g/mol. The van der Waals surface area contributed by atoms with Gasteiger partial charge >= 0.3 is 0 Å². The molecule has 2 rings (SSSR count). The Labute approximate surface area is 116 Å². The Kier molecular flexibility index (Phi) is 4.32. The second-order valence-corrected chi connectivity index (χ2v) is 5.45. The Hall–Kier alpha value is -1.68. The number of aryl methyl sites for hydroxylation is 1. The average Bonchev–Trinajstić information content (AvgIpc) is 2.81. The molecule has 1 N–H and O–H groups in total. The van der Waals surface area contributed by atoms with Crippen LogP contribution >= 0.6 is 11.3 Å². The monoisotopic (exact) mass is 277 g/mol. The van der Waals surface area contributed by atoms with Gasteiger partial charge in [0.2, 0.25) is 0 Å². The van der Waals surface area contributed by atoms with Gasteiger partial charge in [0.25, 0.3) is 5.91 Å². The van der Waals surface area contributed by atoms with Crippen molar-refractivity contribution in [2.75, 3.05) is 0 Å². The highest BCUT2D eigenvalue weighted by atomic mass is 32.1. The standard InChI is InChI=1S/C15H16FNOS/c1-10-7-13(16)3-4-14(10)15(18)17-11(2)8-12-5-6-19-9-12/h3-7,9,11H,8H2,1-2H3,(H,17,18). The molecule has 2 nitrogen and oxygen atoms in total. The van der Waals surface area contributed by atoms with Crippen molar-refractivity contribution in [3.63, 3.8) is 0 Å². The van der Waals surface area contributed by atoms with Gasteiger partial charge in [0.1, 0.15) is 5.82 Å². The highest BCUT2D eigenvalue weighted by Crippen LogP contribution is 2.12. The Morgan fingerprint density at radius 2 is 2.21 bits per heavy atom. The van der Waals surface area contributed by atoms with Crippen molar-refractivity contribution in [2.45, 2.75) is 26.3 Å². The van der Waals surface area contributed by atoms with Gasteiger partial charge in [0.15, 0.2) is 0 Å². The summed E-state index contributed by atoms with van der Waals surface area (Å²) in [5.41, 5.74) is 2.40. The summed E-state index contributed by atoms with van der Waals surface area (Å²) in [5.74, 6) is -0.472. The van der Waals surface area contributed by atoms with Crippen molar-refractivity contribution >= 4 is 17.2 Å². The summed E-state index contributed by atoms with van der Waals surface area (Å²) >= 11 is 1.65. The molecule has 1 aromatic heterocycles. The lowest BCUT2D eigenvalue weighted by molar-refractivity contribution is 0.0939. The van der Waals surface area contributed by atoms with Crippen molar-refractivity contribution in [1.82, 2.24) is 5.32 Å². The molecule has 0 aliphatic rings. The molecule has 100 valence electrons. The van der Waals surface area contributed by atoms with Crippen LogP contribution in [0, 0.1) is 12.7 Å². The fourth-order valence-corrected chi connectivity index (χ4v) is 2.68. The number of carbonyl (C=O) groups is 1. The van der Waals surface area contributed by atoms with E-state index in [1.54, 1.807) is 18.3 Å². The van der Waals surface area contributed by atoms with Crippen LogP contribution in [0.4, 0.5) is 4.39 Å². The van der Waals surface area contributed by atoms with Crippen molar-refractivity contribution in [3.8, 4) is 0 Å². The van der Waals surface area contributed by atoms with Crippen LogP contribution in [0.3, 0.4) is 0 Å². The van der Waals surface area contributed by atoms with Gasteiger partial charge in [-0.3, -0.25) is 4.79 Å². The zero-order valence-corrected chi connectivity index (χ0v) is 11.8. The molecule has 19 heavy (non-hydrogen) atoms. The third kappa shape index (κ3) is 3.64. The Bertz CT molecular complexity index is 566. The summed E-state index contributed by atoms with van der Waals surface area (Å²) < 4.78 is 13.0. The second kappa shape index (κ2) is 5.97. The summed E-state index contributed by atoms with van der Waals surface area (Å²) in [6, 6.07) is 6.31. The Morgan fingerprint density at radius 3 is 2.84 bits per heavy atom. The van der Waals surface area contributed by atoms with Crippen LogP contribution in [0.1, 0.15) is 28.4 Å². The molecule has 0 bridgehead atoms. The van der Waals surface area contributed by atoms with Gasteiger partial charge in [-0.15, -0.1) is 0 Å². The number of carbonyl (C=O) groups excluding carboxylic acids is 1. The van der Waals surface area contributed by atoms with Crippen molar-refractivity contribution < 1.29 is 9.18 Å². The SMILES string of the molecule is Cc1cc(F)ccc1C(=O)NC(C)Cc1ccsc1. The number of benzene rings is 1. The largest absolute Gasteiger partial charge is 0.349 e. The van der Waals surface area contributed by atoms with Gasteiger partial charge in [-0.25, -0.2) is 4.39 Å². The fraction of sp³-hybridized carbons (Fsp3) is 0.267. The minimum absolute atomic E-state index is 0.0477. The number of amides is 1. The van der Waals surface area contributed by atoms with Gasteiger partial charge in [0.05, 0.1) is 0 Å². The molecule has 1 heterocycles. The normalized spacial score (nSPS) is 12.2. The minimum Gasteiger partial charge on any atom is -0.349 e. The van der Waals surface area contributed by atoms with Crippen molar-refractivity contribution in [2.24, 2.45) is 0 Å². The van der Waals surface area contributed by atoms with E-state index in [4.69, 9.17) is 0 Å². The maximum absolute atomic E-state index is 13.0. The molecule has 0 aliphatic heterocycles. The molecular weight excluding hydrogens is 261 g/mol. The summed E-state index contributed by atoms with van der Waals surface area (Å²) in [4.78, 5) is 12.1. The minimum atomic E-state index is -0.319. The second-order valence-electron chi connectivity index (χ2n) is 4.67. The van der Waals surface area contributed by atoms with Gasteiger partial charge < -0.3 is 5.32 Å². The van der Waals surface area contributed by atoms with Crippen LogP contribution in [-0.2, 0) is 6.42 Å². The smallest absolute Gasteiger partial charge is 0.251 e. The van der Waals surface area contributed by atoms with E-state index in [1.165, 1.54) is 23.8 Å². The summed E-state index contributed by atoms with van der Waals surface area (Å²) in [5, 5.41) is 7.04. The van der Waals surface area contributed by atoms with E-state index in [-0.39, 0.29) is 17.8 Å². The van der Waals surface area contributed by atoms with Gasteiger partial charge in [-0.2, -0.15) is 11.3 Å². The third-order valence-electron chi connectivity index (χ3n) is 2.93. The number of rotatable bonds is 4. The zero-order valence-electron chi connectivity index (χ0n) is 10.9. The highest BCUT2D eigenvalue weighted by molar-refractivity contribution is 7.07. The lowest BCUT2D eigenvalue weighted by atomic mass is 10.1. The molecule has 0 saturated heterocycles. The molecule has 4 heteroatoms. The van der Waals surface area contributed by atoms with Crippen LogP contribution in [0.2, 0.25) is 0 Å². The molecule has 1 aromatic carbocycles. The van der Waals surface area contributed by atoms with Crippen molar-refractivity contribution in [1.29, 1.82) is 0 Å². The van der Waals surface area contributed by atoms with Gasteiger partial charge in [-0.05, 0) is 66.4 Å². The van der Waals surface area contributed by atoms with E-state index in [0.29, 0.717) is 11.1 Å². The lowest BCUT2D eigenvalue weighted by Gasteiger charge is -2.14. The third-order valence-corrected chi connectivity index (χ3v) is 3.66. The van der Waals surface area contributed by atoms with E-state index >= 15 is 0 Å². The quantitative estimate of drug-likeness (QED) is 0.909. The maximum atomic E-state index is 13.0. The van der Waals surface area contributed by atoms with Crippen LogP contribution in [0.25, 0.3) is 0 Å². The molecule has 0 spiro atoms. The summed E-state index contributed by atoms with van der Waals surface area (Å²) in [6.07, 6.45) is 0.801. The maximum Gasteiger partial charge on any atom is 0.251 e. The molecule has 0 radical (unpaired) electrons. The number of hydrogen-bond acceptors (Lipinski definition) is 2. The van der Waals surface area contributed by atoms with E-state index in [1.807, 2.05) is 12.3 Å².